The predicted octanol–water partition coefficient (Wildman–Crippen LogP) is 4.48. The van der Waals surface area contributed by atoms with Crippen molar-refractivity contribution >= 4 is 51.1 Å². The van der Waals surface area contributed by atoms with E-state index >= 15 is 0 Å². The van der Waals surface area contributed by atoms with Crippen LogP contribution in [0.3, 0.4) is 0 Å². The minimum Gasteiger partial charge on any atom is -0.462 e. The predicted molar refractivity (Wildman–Crippen MR) is 168 cm³/mol. The first-order chi connectivity index (χ1) is 20.9. The molecule has 3 heterocycles. The average molecular weight is 634 g/mol. The maximum Gasteiger partial charge on any atom is 0.309 e. The lowest BCUT2D eigenvalue weighted by molar-refractivity contribution is -0.156. The number of ether oxygens (including phenoxy) is 1. The van der Waals surface area contributed by atoms with Crippen LogP contribution in [0.2, 0.25) is 0 Å². The number of esters is 1. The summed E-state index contributed by atoms with van der Waals surface area (Å²) in [7, 11) is 3.66. The van der Waals surface area contributed by atoms with E-state index in [0.717, 1.165) is 57.9 Å². The van der Waals surface area contributed by atoms with Gasteiger partial charge in [-0.05, 0) is 83.1 Å². The van der Waals surface area contributed by atoms with Gasteiger partial charge in [-0.3, -0.25) is 28.9 Å². The largest absolute Gasteiger partial charge is 0.462 e. The summed E-state index contributed by atoms with van der Waals surface area (Å²) in [5.41, 5.74) is 0. The van der Waals surface area contributed by atoms with E-state index < -0.39 is 0 Å². The molecule has 4 fully saturated rings. The Labute approximate surface area is 263 Å². The molecule has 0 aromatic carbocycles. The molecule has 2 saturated carbocycles. The van der Waals surface area contributed by atoms with Gasteiger partial charge >= 0.3 is 5.97 Å². The first-order valence-corrected chi connectivity index (χ1v) is 18.8. The molecule has 3 aliphatic heterocycles. The zero-order valence-electron chi connectivity index (χ0n) is 25.1. The van der Waals surface area contributed by atoms with Crippen molar-refractivity contribution in [2.24, 2.45) is 11.8 Å². The number of carbonyl (C=O) groups excluding carboxylic acids is 5. The molecule has 0 radical (unpaired) electrons. The van der Waals surface area contributed by atoms with Crippen LogP contribution < -0.4 is 10.6 Å². The summed E-state index contributed by atoms with van der Waals surface area (Å²) < 4.78 is 6.09. The first kappa shape index (κ1) is 32.5. The van der Waals surface area contributed by atoms with Gasteiger partial charge in [0, 0.05) is 48.1 Å². The van der Waals surface area contributed by atoms with Crippen LogP contribution >= 0.6 is 21.6 Å². The van der Waals surface area contributed by atoms with E-state index in [1.165, 1.54) is 29.9 Å². The fourth-order valence-electron chi connectivity index (χ4n) is 7.24. The Kier molecular flexibility index (Phi) is 12.1. The Morgan fingerprint density at radius 3 is 2.35 bits per heavy atom. The number of unbranched alkanes of at least 4 members (excludes halogenated alkanes) is 2. The first-order valence-electron chi connectivity index (χ1n) is 16.5. The smallest absolute Gasteiger partial charge is 0.309 e. The number of nitrogens with one attached hydrogen (secondary N) is 2. The van der Waals surface area contributed by atoms with Gasteiger partial charge < -0.3 is 15.4 Å². The molecule has 2 aliphatic carbocycles. The van der Waals surface area contributed by atoms with Gasteiger partial charge in [-0.1, -0.05) is 40.9 Å². The molecule has 2 saturated heterocycles. The highest BCUT2D eigenvalue weighted by molar-refractivity contribution is 8.80. The lowest BCUT2D eigenvalue weighted by atomic mass is 9.79. The van der Waals surface area contributed by atoms with Crippen molar-refractivity contribution in [3.05, 3.63) is 12.2 Å². The molecule has 0 spiro atoms. The minimum absolute atomic E-state index is 0.00101. The minimum atomic E-state index is -0.277. The van der Waals surface area contributed by atoms with Crippen LogP contribution in [0.15, 0.2) is 12.2 Å². The number of amides is 3. The van der Waals surface area contributed by atoms with E-state index in [4.69, 9.17) is 4.74 Å². The maximum atomic E-state index is 13.5. The summed E-state index contributed by atoms with van der Waals surface area (Å²) in [6.45, 7) is 1.26. The molecular weight excluding hydrogens is 587 g/mol. The molecule has 2 N–H and O–H groups in total. The molecule has 238 valence electrons. The number of carbonyl (C=O) groups is 5. The third-order valence-electron chi connectivity index (χ3n) is 9.68. The second-order valence-corrected chi connectivity index (χ2v) is 15.7. The van der Waals surface area contributed by atoms with Crippen LogP contribution in [0.25, 0.3) is 0 Å². The van der Waals surface area contributed by atoms with Crippen molar-refractivity contribution < 1.29 is 28.7 Å². The van der Waals surface area contributed by atoms with Crippen LogP contribution in [0, 0.1) is 11.8 Å². The highest BCUT2D eigenvalue weighted by Crippen LogP contribution is 2.56. The highest BCUT2D eigenvalue weighted by atomic mass is 33.1. The molecular formula is C32H47N3O6S2. The van der Waals surface area contributed by atoms with Crippen molar-refractivity contribution in [2.75, 3.05) is 13.1 Å². The normalized spacial score (nSPS) is 31.5. The summed E-state index contributed by atoms with van der Waals surface area (Å²) in [5, 5.41) is 7.22. The summed E-state index contributed by atoms with van der Waals surface area (Å²) in [5.74, 6) is -0.536. The second kappa shape index (κ2) is 15.9. The van der Waals surface area contributed by atoms with E-state index in [0.29, 0.717) is 55.6 Å². The number of ketones is 1. The Morgan fingerprint density at radius 2 is 1.67 bits per heavy atom. The fraction of sp³-hybridized carbons (Fsp3) is 0.781. The van der Waals surface area contributed by atoms with Gasteiger partial charge in [0.05, 0.1) is 12.0 Å². The van der Waals surface area contributed by atoms with E-state index in [2.05, 4.69) is 10.6 Å². The van der Waals surface area contributed by atoms with E-state index in [-0.39, 0.29) is 59.5 Å². The van der Waals surface area contributed by atoms with Crippen LogP contribution in [0.4, 0.5) is 0 Å². The summed E-state index contributed by atoms with van der Waals surface area (Å²) >= 11 is 0. The molecule has 5 aliphatic rings. The number of fused-ring (bicyclic) bond motifs is 1. The molecule has 5 rings (SSSR count). The molecule has 0 aromatic heterocycles. The van der Waals surface area contributed by atoms with Gasteiger partial charge in [0.1, 0.15) is 11.9 Å². The molecule has 43 heavy (non-hydrogen) atoms. The number of hydrogen-bond acceptors (Lipinski definition) is 9. The van der Waals surface area contributed by atoms with Gasteiger partial charge in [-0.15, -0.1) is 0 Å². The van der Waals surface area contributed by atoms with Gasteiger partial charge in [0.15, 0.2) is 0 Å². The summed E-state index contributed by atoms with van der Waals surface area (Å²) in [4.78, 5) is 64.5. The number of Topliss-reactive ketones (excluding diaryl/α,β-unsaturated/α-hetero) is 1. The maximum absolute atomic E-state index is 13.5. The lowest BCUT2D eigenvalue weighted by Crippen LogP contribution is -2.48. The molecule has 11 heteroatoms. The van der Waals surface area contributed by atoms with Crippen LogP contribution in [0.1, 0.15) is 103 Å². The van der Waals surface area contributed by atoms with Crippen LogP contribution in [-0.2, 0) is 28.7 Å². The second-order valence-electron chi connectivity index (χ2n) is 13.0. The van der Waals surface area contributed by atoms with E-state index in [1.54, 1.807) is 0 Å². The van der Waals surface area contributed by atoms with Crippen molar-refractivity contribution in [1.82, 2.24) is 15.5 Å². The quantitative estimate of drug-likeness (QED) is 0.105. The number of hydrogen-bond donors (Lipinski definition) is 2. The van der Waals surface area contributed by atoms with Gasteiger partial charge in [0.25, 0.3) is 11.8 Å². The van der Waals surface area contributed by atoms with Crippen molar-refractivity contribution in [3.8, 4) is 0 Å². The third kappa shape index (κ3) is 9.10. The zero-order valence-corrected chi connectivity index (χ0v) is 26.8. The standard InChI is InChI=1S/C32H47N3O6S2/c36-26(25-11-8-15-33-25)19-21-17-23(34-28(37)12-6-3-7-16-35-29(38)13-14-30(35)39)18-22(20-27-31(21)43-42-27)32(40)41-24-9-4-1-2-5-10-24/h13-14,21-25,27,31,33H,1-12,15-20H2,(H,34,37)/t21?,22?,23?,25-,27?,31?/m0/s1. The number of imide groups is 1. The Hall–Kier alpha value is -1.85. The SMILES string of the molecule is O=C(CCCCCN1C(=O)C=CC1=O)NC1CC(C(=O)OC2CCCCCC2)CC2SSC2C(CC(=O)[C@@H]2CCCN2)C1. The number of nitrogens with zero attached hydrogens (tertiary/aromatic N) is 1. The molecule has 9 nitrogen and oxygen atoms in total. The Bertz CT molecular complexity index is 1040. The molecule has 0 bridgehead atoms. The molecule has 5 unspecified atom stereocenters. The Morgan fingerprint density at radius 1 is 0.907 bits per heavy atom. The van der Waals surface area contributed by atoms with E-state index in [9.17, 15) is 24.0 Å². The van der Waals surface area contributed by atoms with E-state index in [1.807, 2.05) is 21.6 Å². The topological polar surface area (TPSA) is 122 Å². The zero-order chi connectivity index (χ0) is 30.2. The number of rotatable bonds is 12. The molecule has 3 amide bonds. The van der Waals surface area contributed by atoms with Crippen molar-refractivity contribution in [3.63, 3.8) is 0 Å². The van der Waals surface area contributed by atoms with Crippen molar-refractivity contribution in [2.45, 2.75) is 131 Å². The highest BCUT2D eigenvalue weighted by Gasteiger charge is 2.46. The third-order valence-corrected chi connectivity index (χ3v) is 13.4. The summed E-state index contributed by atoms with van der Waals surface area (Å²) in [6.07, 6.45) is 15.9. The fourth-order valence-corrected chi connectivity index (χ4v) is 10.5. The Balaban J connectivity index is 1.17. The van der Waals surface area contributed by atoms with Gasteiger partial charge in [-0.25, -0.2) is 0 Å². The van der Waals surface area contributed by atoms with Gasteiger partial charge in [0.2, 0.25) is 5.91 Å². The molecule has 6 atom stereocenters. The summed E-state index contributed by atoms with van der Waals surface area (Å²) in [6, 6.07) is -0.245. The van der Waals surface area contributed by atoms with Crippen molar-refractivity contribution in [1.29, 1.82) is 0 Å². The molecule has 0 aromatic rings. The average Bonchev–Trinajstić information content (AvgIpc) is 3.53. The lowest BCUT2D eigenvalue weighted by Gasteiger charge is -2.45. The van der Waals surface area contributed by atoms with Crippen LogP contribution in [-0.4, -0.2) is 76.2 Å². The van der Waals surface area contributed by atoms with Gasteiger partial charge in [-0.2, -0.15) is 0 Å². The monoisotopic (exact) mass is 633 g/mol. The van der Waals surface area contributed by atoms with Crippen LogP contribution in [0.5, 0.6) is 0 Å².